The van der Waals surface area contributed by atoms with E-state index in [1.165, 1.54) is 0 Å². The molecule has 0 amide bonds. The van der Waals surface area contributed by atoms with Gasteiger partial charge in [-0.05, 0) is 41.4 Å². The summed E-state index contributed by atoms with van der Waals surface area (Å²) in [6.45, 7) is 0.694. The second kappa shape index (κ2) is 4.68. The summed E-state index contributed by atoms with van der Waals surface area (Å²) >= 11 is 3.48. The van der Waals surface area contributed by atoms with E-state index >= 15 is 0 Å². The summed E-state index contributed by atoms with van der Waals surface area (Å²) in [5, 5.41) is 1.11. The highest BCUT2D eigenvalue weighted by molar-refractivity contribution is 9.10. The van der Waals surface area contributed by atoms with Crippen molar-refractivity contribution in [1.29, 1.82) is 0 Å². The third-order valence-corrected chi connectivity index (χ3v) is 2.96. The van der Waals surface area contributed by atoms with E-state index in [2.05, 4.69) is 25.9 Å². The van der Waals surface area contributed by atoms with E-state index in [1.54, 1.807) is 6.33 Å². The van der Waals surface area contributed by atoms with E-state index in [1.807, 2.05) is 18.2 Å². The number of nitrogens with zero attached hydrogens (tertiary/aromatic N) is 2. The normalized spacial score (nSPS) is 10.8. The first-order valence-corrected chi connectivity index (χ1v) is 5.70. The molecule has 0 saturated carbocycles. The van der Waals surface area contributed by atoms with Crippen LogP contribution in [-0.4, -0.2) is 16.5 Å². The molecular weight excluding hydrogens is 254 g/mol. The van der Waals surface area contributed by atoms with Gasteiger partial charge < -0.3 is 5.73 Å². The standard InChI is InChI=1S/C11H12BrN3/c12-9-4-1-3-8-10(5-2-6-13)14-7-15-11(8)9/h1,3-4,7H,2,5-6,13H2. The predicted molar refractivity (Wildman–Crippen MR) is 64.6 cm³/mol. The average molecular weight is 266 g/mol. The Bertz CT molecular complexity index is 470. The maximum Gasteiger partial charge on any atom is 0.116 e. The molecule has 2 N–H and O–H groups in total. The molecule has 1 aromatic heterocycles. The zero-order valence-corrected chi connectivity index (χ0v) is 9.87. The van der Waals surface area contributed by atoms with Crippen molar-refractivity contribution in [3.05, 3.63) is 34.7 Å². The molecule has 0 saturated heterocycles. The van der Waals surface area contributed by atoms with Crippen LogP contribution < -0.4 is 5.73 Å². The van der Waals surface area contributed by atoms with E-state index in [9.17, 15) is 0 Å². The Kier molecular flexibility index (Phi) is 3.28. The average Bonchev–Trinajstić information content (AvgIpc) is 2.27. The Hall–Kier alpha value is -1.00. The highest BCUT2D eigenvalue weighted by atomic mass is 79.9. The SMILES string of the molecule is NCCCc1ncnc2c(Br)cccc12. The third kappa shape index (κ3) is 2.16. The fraction of sp³-hybridized carbons (Fsp3) is 0.273. The van der Waals surface area contributed by atoms with Crippen molar-refractivity contribution in [2.24, 2.45) is 5.73 Å². The second-order valence-corrected chi connectivity index (χ2v) is 4.20. The van der Waals surface area contributed by atoms with Crippen molar-refractivity contribution in [3.8, 4) is 0 Å². The molecule has 0 radical (unpaired) electrons. The zero-order chi connectivity index (χ0) is 10.7. The second-order valence-electron chi connectivity index (χ2n) is 3.35. The molecule has 1 heterocycles. The van der Waals surface area contributed by atoms with E-state index in [0.29, 0.717) is 6.54 Å². The van der Waals surface area contributed by atoms with Crippen LogP contribution in [0.3, 0.4) is 0 Å². The van der Waals surface area contributed by atoms with Gasteiger partial charge in [-0.2, -0.15) is 0 Å². The van der Waals surface area contributed by atoms with Gasteiger partial charge in [0.05, 0.1) is 11.2 Å². The molecule has 0 aliphatic carbocycles. The predicted octanol–water partition coefficient (Wildman–Crippen LogP) is 2.28. The number of aromatic nitrogens is 2. The fourth-order valence-corrected chi connectivity index (χ4v) is 2.04. The maximum atomic E-state index is 5.50. The summed E-state index contributed by atoms with van der Waals surface area (Å²) in [6.07, 6.45) is 3.48. The first-order chi connectivity index (χ1) is 7.33. The number of halogens is 1. The molecule has 2 aromatic rings. The number of fused-ring (bicyclic) bond motifs is 1. The van der Waals surface area contributed by atoms with Gasteiger partial charge in [-0.1, -0.05) is 12.1 Å². The molecule has 0 fully saturated rings. The molecule has 0 unspecified atom stereocenters. The van der Waals surface area contributed by atoms with Crippen LogP contribution in [0.25, 0.3) is 10.9 Å². The van der Waals surface area contributed by atoms with Gasteiger partial charge in [0.1, 0.15) is 6.33 Å². The number of hydrogen-bond donors (Lipinski definition) is 1. The van der Waals surface area contributed by atoms with E-state index in [0.717, 1.165) is 33.9 Å². The van der Waals surface area contributed by atoms with Gasteiger partial charge in [0.25, 0.3) is 0 Å². The van der Waals surface area contributed by atoms with Crippen LogP contribution in [0.4, 0.5) is 0 Å². The van der Waals surface area contributed by atoms with Crippen LogP contribution in [0.1, 0.15) is 12.1 Å². The van der Waals surface area contributed by atoms with E-state index in [-0.39, 0.29) is 0 Å². The van der Waals surface area contributed by atoms with Gasteiger partial charge in [-0.25, -0.2) is 9.97 Å². The van der Waals surface area contributed by atoms with Crippen LogP contribution in [0.2, 0.25) is 0 Å². The summed E-state index contributed by atoms with van der Waals surface area (Å²) in [6, 6.07) is 6.04. The van der Waals surface area contributed by atoms with Crippen LogP contribution in [0.5, 0.6) is 0 Å². The summed E-state index contributed by atoms with van der Waals surface area (Å²) < 4.78 is 1.01. The van der Waals surface area contributed by atoms with E-state index in [4.69, 9.17) is 5.73 Å². The molecule has 0 aliphatic rings. The Labute approximate surface area is 96.9 Å². The molecule has 0 bridgehead atoms. The number of nitrogens with two attached hydrogens (primary N) is 1. The number of para-hydroxylation sites is 1. The molecule has 0 spiro atoms. The molecule has 1 aromatic carbocycles. The minimum Gasteiger partial charge on any atom is -0.330 e. The lowest BCUT2D eigenvalue weighted by Gasteiger charge is -2.04. The molecule has 4 heteroatoms. The first-order valence-electron chi connectivity index (χ1n) is 4.91. The minimum absolute atomic E-state index is 0.694. The minimum atomic E-state index is 0.694. The van der Waals surface area contributed by atoms with Crippen molar-refractivity contribution in [2.45, 2.75) is 12.8 Å². The monoisotopic (exact) mass is 265 g/mol. The quantitative estimate of drug-likeness (QED) is 0.927. The largest absolute Gasteiger partial charge is 0.330 e. The van der Waals surface area contributed by atoms with Gasteiger partial charge in [0.2, 0.25) is 0 Å². The Balaban J connectivity index is 2.51. The molecule has 0 aliphatic heterocycles. The lowest BCUT2D eigenvalue weighted by atomic mass is 10.1. The Morgan fingerprint density at radius 3 is 2.93 bits per heavy atom. The number of aryl methyl sites for hydroxylation is 1. The molecule has 78 valence electrons. The summed E-state index contributed by atoms with van der Waals surface area (Å²) in [7, 11) is 0. The van der Waals surface area contributed by atoms with Gasteiger partial charge >= 0.3 is 0 Å². The maximum absolute atomic E-state index is 5.50. The molecular formula is C11H12BrN3. The van der Waals surface area contributed by atoms with Crippen molar-refractivity contribution in [2.75, 3.05) is 6.54 Å². The zero-order valence-electron chi connectivity index (χ0n) is 8.28. The van der Waals surface area contributed by atoms with E-state index < -0.39 is 0 Å². The Morgan fingerprint density at radius 2 is 2.13 bits per heavy atom. The van der Waals surface area contributed by atoms with Gasteiger partial charge in [-0.3, -0.25) is 0 Å². The Morgan fingerprint density at radius 1 is 1.27 bits per heavy atom. The van der Waals surface area contributed by atoms with Crippen LogP contribution in [0, 0.1) is 0 Å². The topological polar surface area (TPSA) is 51.8 Å². The first kappa shape index (κ1) is 10.5. The number of rotatable bonds is 3. The van der Waals surface area contributed by atoms with Gasteiger partial charge in [0, 0.05) is 9.86 Å². The number of hydrogen-bond acceptors (Lipinski definition) is 3. The van der Waals surface area contributed by atoms with Crippen LogP contribution in [0.15, 0.2) is 29.0 Å². The van der Waals surface area contributed by atoms with Crippen LogP contribution >= 0.6 is 15.9 Å². The van der Waals surface area contributed by atoms with Crippen molar-refractivity contribution < 1.29 is 0 Å². The molecule has 0 atom stereocenters. The van der Waals surface area contributed by atoms with Gasteiger partial charge in [-0.15, -0.1) is 0 Å². The summed E-state index contributed by atoms with van der Waals surface area (Å²) in [5.41, 5.74) is 7.55. The molecule has 2 rings (SSSR count). The molecule has 15 heavy (non-hydrogen) atoms. The number of benzene rings is 1. The van der Waals surface area contributed by atoms with Crippen molar-refractivity contribution in [3.63, 3.8) is 0 Å². The summed E-state index contributed by atoms with van der Waals surface area (Å²) in [5.74, 6) is 0. The van der Waals surface area contributed by atoms with Crippen LogP contribution in [-0.2, 0) is 6.42 Å². The fourth-order valence-electron chi connectivity index (χ4n) is 1.57. The highest BCUT2D eigenvalue weighted by Gasteiger charge is 2.04. The van der Waals surface area contributed by atoms with Crippen molar-refractivity contribution >= 4 is 26.8 Å². The third-order valence-electron chi connectivity index (χ3n) is 2.32. The lowest BCUT2D eigenvalue weighted by Crippen LogP contribution is -2.02. The smallest absolute Gasteiger partial charge is 0.116 e. The lowest BCUT2D eigenvalue weighted by molar-refractivity contribution is 0.814. The summed E-state index contributed by atoms with van der Waals surface area (Å²) in [4.78, 5) is 8.56. The highest BCUT2D eigenvalue weighted by Crippen LogP contribution is 2.23. The van der Waals surface area contributed by atoms with Crippen molar-refractivity contribution in [1.82, 2.24) is 9.97 Å². The van der Waals surface area contributed by atoms with Gasteiger partial charge in [0.15, 0.2) is 0 Å². The molecule has 3 nitrogen and oxygen atoms in total.